The molecule has 1 heterocycles. The molecule has 0 fully saturated rings. The predicted molar refractivity (Wildman–Crippen MR) is 92.9 cm³/mol. The number of benzene rings is 2. The first-order valence-corrected chi connectivity index (χ1v) is 7.80. The summed E-state index contributed by atoms with van der Waals surface area (Å²) in [7, 11) is 0. The molecule has 112 valence electrons. The number of fused-ring (bicyclic) bond motifs is 1. The molecule has 0 spiro atoms. The van der Waals surface area contributed by atoms with E-state index in [1.807, 2.05) is 48.5 Å². The summed E-state index contributed by atoms with van der Waals surface area (Å²) in [6.07, 6.45) is 1.12. The Kier molecular flexibility index (Phi) is 4.33. The molecule has 0 aliphatic heterocycles. The van der Waals surface area contributed by atoms with E-state index in [1.165, 1.54) is 0 Å². The molecule has 0 saturated carbocycles. The average Bonchev–Trinajstić information content (AvgIpc) is 2.55. The van der Waals surface area contributed by atoms with E-state index in [-0.39, 0.29) is 0 Å². The Hall–Kier alpha value is -2.42. The van der Waals surface area contributed by atoms with Crippen molar-refractivity contribution < 1.29 is 0 Å². The molecule has 0 bridgehead atoms. The minimum absolute atomic E-state index is 0.675. The largest absolute Gasteiger partial charge is 0.369 e. The van der Waals surface area contributed by atoms with Crippen molar-refractivity contribution in [3.05, 3.63) is 54.6 Å². The highest BCUT2D eigenvalue weighted by atomic mass is 15.0. The fraction of sp³-hybridized carbons (Fsp3) is 0.263. The van der Waals surface area contributed by atoms with E-state index in [4.69, 9.17) is 9.97 Å². The monoisotopic (exact) mass is 291 g/mol. The van der Waals surface area contributed by atoms with Crippen LogP contribution in [0.1, 0.15) is 20.3 Å². The van der Waals surface area contributed by atoms with Gasteiger partial charge in [0.25, 0.3) is 0 Å². The summed E-state index contributed by atoms with van der Waals surface area (Å²) in [5.74, 6) is 2.37. The molecule has 2 aromatic carbocycles. The molecule has 0 unspecified atom stereocenters. The molecule has 0 radical (unpaired) electrons. The van der Waals surface area contributed by atoms with E-state index < -0.39 is 0 Å². The second-order valence-electron chi connectivity index (χ2n) is 5.89. The van der Waals surface area contributed by atoms with Crippen LogP contribution in [0, 0.1) is 5.92 Å². The minimum Gasteiger partial charge on any atom is -0.369 e. The van der Waals surface area contributed by atoms with Crippen LogP contribution >= 0.6 is 0 Å². The molecule has 0 amide bonds. The highest BCUT2D eigenvalue weighted by Crippen LogP contribution is 2.24. The van der Waals surface area contributed by atoms with Crippen LogP contribution in [0.25, 0.3) is 22.3 Å². The topological polar surface area (TPSA) is 37.8 Å². The maximum atomic E-state index is 4.75. The van der Waals surface area contributed by atoms with Crippen LogP contribution in [-0.2, 0) is 0 Å². The van der Waals surface area contributed by atoms with Crippen molar-refractivity contribution in [2.45, 2.75) is 20.3 Å². The molecule has 1 aromatic heterocycles. The second kappa shape index (κ2) is 6.56. The van der Waals surface area contributed by atoms with Gasteiger partial charge < -0.3 is 5.32 Å². The van der Waals surface area contributed by atoms with Gasteiger partial charge in [0.1, 0.15) is 5.82 Å². The van der Waals surface area contributed by atoms with Gasteiger partial charge in [-0.15, -0.1) is 0 Å². The van der Waals surface area contributed by atoms with Gasteiger partial charge in [-0.1, -0.05) is 56.3 Å². The summed E-state index contributed by atoms with van der Waals surface area (Å²) >= 11 is 0. The third kappa shape index (κ3) is 3.25. The Bertz CT molecular complexity index is 751. The van der Waals surface area contributed by atoms with Crippen molar-refractivity contribution in [2.24, 2.45) is 5.92 Å². The maximum Gasteiger partial charge on any atom is 0.162 e. The first kappa shape index (κ1) is 14.5. The Balaban J connectivity index is 2.01. The molecule has 3 rings (SSSR count). The normalized spacial score (nSPS) is 11.0. The molecule has 0 saturated heterocycles. The molecule has 3 nitrogen and oxygen atoms in total. The average molecular weight is 291 g/mol. The third-order valence-corrected chi connectivity index (χ3v) is 3.65. The summed E-state index contributed by atoms with van der Waals surface area (Å²) in [6, 6.07) is 18.3. The molecule has 3 aromatic rings. The predicted octanol–water partition coefficient (Wildman–Crippen LogP) is 4.75. The van der Waals surface area contributed by atoms with Crippen LogP contribution < -0.4 is 5.32 Å². The van der Waals surface area contributed by atoms with Gasteiger partial charge >= 0.3 is 0 Å². The van der Waals surface area contributed by atoms with Crippen LogP contribution in [-0.4, -0.2) is 16.5 Å². The summed E-state index contributed by atoms with van der Waals surface area (Å²) < 4.78 is 0. The van der Waals surface area contributed by atoms with E-state index in [0.29, 0.717) is 5.92 Å². The SMILES string of the molecule is CC(C)CCNc1nc(-c2ccccc2)nc2ccccc12. The van der Waals surface area contributed by atoms with E-state index in [9.17, 15) is 0 Å². The van der Waals surface area contributed by atoms with Gasteiger partial charge in [-0.3, -0.25) is 0 Å². The van der Waals surface area contributed by atoms with E-state index in [2.05, 4.69) is 25.2 Å². The van der Waals surface area contributed by atoms with Crippen LogP contribution in [0.2, 0.25) is 0 Å². The highest BCUT2D eigenvalue weighted by Gasteiger charge is 2.08. The van der Waals surface area contributed by atoms with Crippen molar-refractivity contribution in [3.63, 3.8) is 0 Å². The van der Waals surface area contributed by atoms with Crippen molar-refractivity contribution in [1.29, 1.82) is 0 Å². The number of hydrogen-bond donors (Lipinski definition) is 1. The van der Waals surface area contributed by atoms with Crippen molar-refractivity contribution >= 4 is 16.7 Å². The standard InChI is InChI=1S/C19H21N3/c1-14(2)12-13-20-19-16-10-6-7-11-17(16)21-18(22-19)15-8-4-3-5-9-15/h3-11,14H,12-13H2,1-2H3,(H,20,21,22). The van der Waals surface area contributed by atoms with Gasteiger partial charge in [0.15, 0.2) is 5.82 Å². The zero-order valence-electron chi connectivity index (χ0n) is 13.1. The molecular weight excluding hydrogens is 270 g/mol. The summed E-state index contributed by atoms with van der Waals surface area (Å²) in [5, 5.41) is 4.55. The van der Waals surface area contributed by atoms with Crippen LogP contribution in [0.3, 0.4) is 0 Å². The second-order valence-corrected chi connectivity index (χ2v) is 5.89. The number of nitrogens with zero attached hydrogens (tertiary/aromatic N) is 2. The maximum absolute atomic E-state index is 4.75. The van der Waals surface area contributed by atoms with Crippen molar-refractivity contribution in [1.82, 2.24) is 9.97 Å². The Morgan fingerprint density at radius 2 is 1.64 bits per heavy atom. The summed E-state index contributed by atoms with van der Waals surface area (Å²) in [4.78, 5) is 9.44. The number of nitrogens with one attached hydrogen (secondary N) is 1. The number of rotatable bonds is 5. The van der Waals surface area contributed by atoms with E-state index in [0.717, 1.165) is 41.1 Å². The van der Waals surface area contributed by atoms with Gasteiger partial charge in [0.2, 0.25) is 0 Å². The lowest BCUT2D eigenvalue weighted by atomic mass is 10.1. The molecule has 22 heavy (non-hydrogen) atoms. The van der Waals surface area contributed by atoms with Crippen LogP contribution in [0.4, 0.5) is 5.82 Å². The Labute approximate surface area is 131 Å². The van der Waals surface area contributed by atoms with Crippen molar-refractivity contribution in [2.75, 3.05) is 11.9 Å². The fourth-order valence-corrected chi connectivity index (χ4v) is 2.41. The Morgan fingerprint density at radius 1 is 0.909 bits per heavy atom. The number of anilines is 1. The lowest BCUT2D eigenvalue weighted by molar-refractivity contribution is 0.607. The van der Waals surface area contributed by atoms with Gasteiger partial charge in [0.05, 0.1) is 5.52 Å². The molecular formula is C19H21N3. The zero-order valence-corrected chi connectivity index (χ0v) is 13.1. The third-order valence-electron chi connectivity index (χ3n) is 3.65. The number of para-hydroxylation sites is 1. The lowest BCUT2D eigenvalue weighted by Gasteiger charge is -2.12. The smallest absolute Gasteiger partial charge is 0.162 e. The quantitative estimate of drug-likeness (QED) is 0.737. The van der Waals surface area contributed by atoms with Gasteiger partial charge in [0, 0.05) is 17.5 Å². The first-order valence-electron chi connectivity index (χ1n) is 7.80. The molecule has 0 aliphatic rings. The fourth-order valence-electron chi connectivity index (χ4n) is 2.41. The van der Waals surface area contributed by atoms with Crippen LogP contribution in [0.5, 0.6) is 0 Å². The summed E-state index contributed by atoms with van der Waals surface area (Å²) in [6.45, 7) is 5.39. The molecule has 0 atom stereocenters. The molecule has 0 aliphatic carbocycles. The first-order chi connectivity index (χ1) is 10.7. The zero-order chi connectivity index (χ0) is 15.4. The highest BCUT2D eigenvalue weighted by molar-refractivity contribution is 5.90. The van der Waals surface area contributed by atoms with E-state index in [1.54, 1.807) is 0 Å². The number of hydrogen-bond acceptors (Lipinski definition) is 3. The number of aromatic nitrogens is 2. The van der Waals surface area contributed by atoms with Crippen LogP contribution in [0.15, 0.2) is 54.6 Å². The van der Waals surface area contributed by atoms with Gasteiger partial charge in [-0.2, -0.15) is 0 Å². The molecule has 1 N–H and O–H groups in total. The van der Waals surface area contributed by atoms with E-state index >= 15 is 0 Å². The summed E-state index contributed by atoms with van der Waals surface area (Å²) in [5.41, 5.74) is 2.02. The Morgan fingerprint density at radius 3 is 2.41 bits per heavy atom. The van der Waals surface area contributed by atoms with Crippen molar-refractivity contribution in [3.8, 4) is 11.4 Å². The lowest BCUT2D eigenvalue weighted by Crippen LogP contribution is -2.07. The minimum atomic E-state index is 0.675. The van der Waals surface area contributed by atoms with Gasteiger partial charge in [-0.05, 0) is 24.5 Å². The van der Waals surface area contributed by atoms with Gasteiger partial charge in [-0.25, -0.2) is 9.97 Å². The molecule has 3 heteroatoms.